The molecule has 0 aliphatic heterocycles. The summed E-state index contributed by atoms with van der Waals surface area (Å²) < 4.78 is 5.13. The maximum Gasteiger partial charge on any atom is 0.251 e. The van der Waals surface area contributed by atoms with E-state index in [9.17, 15) is 4.79 Å². The molecular formula is C18H30N4O2. The zero-order chi connectivity index (χ0) is 17.8. The third-order valence-electron chi connectivity index (χ3n) is 3.53. The van der Waals surface area contributed by atoms with E-state index in [-0.39, 0.29) is 5.91 Å². The summed E-state index contributed by atoms with van der Waals surface area (Å²) in [5, 5.41) is 6.15. The van der Waals surface area contributed by atoms with Gasteiger partial charge >= 0.3 is 0 Å². The van der Waals surface area contributed by atoms with Crippen LogP contribution in [-0.2, 0) is 0 Å². The third-order valence-corrected chi connectivity index (χ3v) is 3.53. The molecule has 24 heavy (non-hydrogen) atoms. The number of aliphatic imine (C=N–C) groups is 1. The van der Waals surface area contributed by atoms with Crippen LogP contribution in [-0.4, -0.2) is 57.1 Å². The highest BCUT2D eigenvalue weighted by atomic mass is 16.5. The average molecular weight is 334 g/mol. The molecule has 0 heterocycles. The van der Waals surface area contributed by atoms with Gasteiger partial charge in [0.2, 0.25) is 0 Å². The number of nitrogens with one attached hydrogen (secondary N) is 2. The monoisotopic (exact) mass is 334 g/mol. The molecule has 0 radical (unpaired) electrons. The van der Waals surface area contributed by atoms with Gasteiger partial charge in [0.05, 0.1) is 13.7 Å². The van der Waals surface area contributed by atoms with Gasteiger partial charge in [0.25, 0.3) is 5.91 Å². The Bertz CT molecular complexity index is 532. The minimum absolute atomic E-state index is 0.117. The van der Waals surface area contributed by atoms with E-state index in [1.165, 1.54) is 0 Å². The van der Waals surface area contributed by atoms with E-state index >= 15 is 0 Å². The van der Waals surface area contributed by atoms with Gasteiger partial charge in [-0.25, -0.2) is 0 Å². The van der Waals surface area contributed by atoms with E-state index in [0.717, 1.165) is 31.9 Å². The predicted molar refractivity (Wildman–Crippen MR) is 98.8 cm³/mol. The summed E-state index contributed by atoms with van der Waals surface area (Å²) in [5.41, 5.74) is 0.588. The molecule has 6 heteroatoms. The van der Waals surface area contributed by atoms with E-state index in [1.807, 2.05) is 20.0 Å². The van der Waals surface area contributed by atoms with E-state index < -0.39 is 0 Å². The average Bonchev–Trinajstić information content (AvgIpc) is 2.62. The molecule has 0 bridgehead atoms. The van der Waals surface area contributed by atoms with Crippen molar-refractivity contribution in [2.45, 2.75) is 26.7 Å². The van der Waals surface area contributed by atoms with Gasteiger partial charge in [0.15, 0.2) is 5.96 Å². The Morgan fingerprint density at radius 2 is 2.08 bits per heavy atom. The number of amides is 1. The zero-order valence-electron chi connectivity index (χ0n) is 15.3. The molecule has 0 saturated carbocycles. The molecule has 6 nitrogen and oxygen atoms in total. The van der Waals surface area contributed by atoms with Crippen LogP contribution in [0.2, 0.25) is 0 Å². The maximum absolute atomic E-state index is 12.1. The summed E-state index contributed by atoms with van der Waals surface area (Å²) in [4.78, 5) is 18.8. The first-order valence-corrected chi connectivity index (χ1v) is 8.54. The van der Waals surface area contributed by atoms with Gasteiger partial charge < -0.3 is 20.3 Å². The van der Waals surface area contributed by atoms with E-state index in [2.05, 4.69) is 27.4 Å². The molecule has 1 aromatic rings. The van der Waals surface area contributed by atoms with Gasteiger partial charge in [-0.05, 0) is 31.5 Å². The molecule has 0 aliphatic rings. The van der Waals surface area contributed by atoms with Gasteiger partial charge in [0, 0.05) is 32.2 Å². The lowest BCUT2D eigenvalue weighted by atomic mass is 10.2. The zero-order valence-corrected chi connectivity index (χ0v) is 15.3. The van der Waals surface area contributed by atoms with Crippen molar-refractivity contribution in [1.29, 1.82) is 0 Å². The van der Waals surface area contributed by atoms with Crippen molar-refractivity contribution < 1.29 is 9.53 Å². The van der Waals surface area contributed by atoms with Crippen molar-refractivity contribution in [3.8, 4) is 5.75 Å². The van der Waals surface area contributed by atoms with E-state index in [0.29, 0.717) is 24.4 Å². The van der Waals surface area contributed by atoms with Gasteiger partial charge in [0.1, 0.15) is 5.75 Å². The topological polar surface area (TPSA) is 66.0 Å². The Kier molecular flexibility index (Phi) is 9.34. The minimum Gasteiger partial charge on any atom is -0.497 e. The summed E-state index contributed by atoms with van der Waals surface area (Å²) in [6.45, 7) is 7.05. The lowest BCUT2D eigenvalue weighted by Crippen LogP contribution is -2.40. The van der Waals surface area contributed by atoms with Gasteiger partial charge in [-0.3, -0.25) is 9.79 Å². The molecule has 1 rings (SSSR count). The van der Waals surface area contributed by atoms with Gasteiger partial charge in [-0.1, -0.05) is 19.4 Å². The highest BCUT2D eigenvalue weighted by molar-refractivity contribution is 5.94. The van der Waals surface area contributed by atoms with Crippen LogP contribution in [0.25, 0.3) is 0 Å². The smallest absolute Gasteiger partial charge is 0.251 e. The van der Waals surface area contributed by atoms with Crippen LogP contribution in [0.15, 0.2) is 29.3 Å². The molecule has 0 atom stereocenters. The molecular weight excluding hydrogens is 304 g/mol. The Labute approximate surface area is 145 Å². The molecule has 0 aliphatic carbocycles. The first-order chi connectivity index (χ1) is 11.6. The first-order valence-electron chi connectivity index (χ1n) is 8.54. The second-order valence-electron chi connectivity index (χ2n) is 5.50. The molecule has 0 unspecified atom stereocenters. The number of benzene rings is 1. The molecule has 0 fully saturated rings. The predicted octanol–water partition coefficient (Wildman–Crippen LogP) is 2.12. The van der Waals surface area contributed by atoms with Crippen molar-refractivity contribution in [2.24, 2.45) is 4.99 Å². The molecule has 0 aromatic heterocycles. The van der Waals surface area contributed by atoms with E-state index in [4.69, 9.17) is 4.74 Å². The fourth-order valence-electron chi connectivity index (χ4n) is 2.17. The van der Waals surface area contributed by atoms with Crippen LogP contribution in [0, 0.1) is 0 Å². The fraction of sp³-hybridized carbons (Fsp3) is 0.556. The van der Waals surface area contributed by atoms with Crippen LogP contribution in [0.4, 0.5) is 0 Å². The van der Waals surface area contributed by atoms with Crippen molar-refractivity contribution in [3.63, 3.8) is 0 Å². The summed E-state index contributed by atoms with van der Waals surface area (Å²) in [6.07, 6.45) is 2.29. The van der Waals surface area contributed by atoms with Crippen molar-refractivity contribution >= 4 is 11.9 Å². The maximum atomic E-state index is 12.1. The van der Waals surface area contributed by atoms with Gasteiger partial charge in [-0.15, -0.1) is 0 Å². The van der Waals surface area contributed by atoms with Gasteiger partial charge in [-0.2, -0.15) is 0 Å². The Morgan fingerprint density at radius 1 is 1.29 bits per heavy atom. The number of hydrogen-bond acceptors (Lipinski definition) is 3. The number of methoxy groups -OCH3 is 1. The van der Waals surface area contributed by atoms with Crippen LogP contribution in [0.1, 0.15) is 37.0 Å². The Hall–Kier alpha value is -2.24. The number of carbonyl (C=O) groups excluding carboxylic acids is 1. The summed E-state index contributed by atoms with van der Waals surface area (Å²) in [6, 6.07) is 7.11. The molecule has 0 saturated heterocycles. The Balaban J connectivity index is 2.49. The number of guanidine groups is 1. The standard InChI is InChI=1S/C18H30N4O2/c1-5-7-13-22(3)18(19-6-2)21-12-11-20-17(23)15-9-8-10-16(14-15)24-4/h8-10,14H,5-7,11-13H2,1-4H3,(H,19,21)(H,20,23). The second kappa shape index (κ2) is 11.3. The van der Waals surface area contributed by atoms with Crippen molar-refractivity contribution in [3.05, 3.63) is 29.8 Å². The normalized spacial score (nSPS) is 11.1. The highest BCUT2D eigenvalue weighted by Crippen LogP contribution is 2.12. The van der Waals surface area contributed by atoms with E-state index in [1.54, 1.807) is 25.3 Å². The second-order valence-corrected chi connectivity index (χ2v) is 5.50. The molecule has 134 valence electrons. The molecule has 1 aromatic carbocycles. The SMILES string of the molecule is CCCCN(C)C(=NCCNC(=O)c1cccc(OC)c1)NCC. The van der Waals surface area contributed by atoms with Crippen molar-refractivity contribution in [1.82, 2.24) is 15.5 Å². The molecule has 1 amide bonds. The Morgan fingerprint density at radius 3 is 2.75 bits per heavy atom. The van der Waals surface area contributed by atoms with Crippen LogP contribution in [0.3, 0.4) is 0 Å². The van der Waals surface area contributed by atoms with Crippen LogP contribution >= 0.6 is 0 Å². The summed E-state index contributed by atoms with van der Waals surface area (Å²) >= 11 is 0. The summed E-state index contributed by atoms with van der Waals surface area (Å²) in [7, 11) is 3.62. The minimum atomic E-state index is -0.117. The third kappa shape index (κ3) is 6.89. The lowest BCUT2D eigenvalue weighted by Gasteiger charge is -2.21. The number of nitrogens with zero attached hydrogens (tertiary/aromatic N) is 2. The number of ether oxygens (including phenoxy) is 1. The number of rotatable bonds is 9. The summed E-state index contributed by atoms with van der Waals surface area (Å²) in [5.74, 6) is 1.43. The number of hydrogen-bond donors (Lipinski definition) is 2. The largest absolute Gasteiger partial charge is 0.497 e. The molecule has 0 spiro atoms. The number of carbonyl (C=O) groups is 1. The fourth-order valence-corrected chi connectivity index (χ4v) is 2.17. The van der Waals surface area contributed by atoms with Crippen LogP contribution < -0.4 is 15.4 Å². The highest BCUT2D eigenvalue weighted by Gasteiger charge is 2.07. The molecule has 2 N–H and O–H groups in total. The quantitative estimate of drug-likeness (QED) is 0.412. The van der Waals surface area contributed by atoms with Crippen LogP contribution in [0.5, 0.6) is 5.75 Å². The lowest BCUT2D eigenvalue weighted by molar-refractivity contribution is 0.0954. The number of unbranched alkanes of at least 4 members (excludes halogenated alkanes) is 1. The first kappa shape index (κ1) is 19.8. The van der Waals surface area contributed by atoms with Crippen molar-refractivity contribution in [2.75, 3.05) is 40.3 Å².